The van der Waals surface area contributed by atoms with Crippen molar-refractivity contribution in [3.8, 4) is 0 Å². The van der Waals surface area contributed by atoms with Crippen LogP contribution in [-0.2, 0) is 6.42 Å². The Labute approximate surface area is 158 Å². The van der Waals surface area contributed by atoms with Crippen LogP contribution in [0.4, 0.5) is 0 Å². The predicted molar refractivity (Wildman–Crippen MR) is 114 cm³/mol. The zero-order valence-electron chi connectivity index (χ0n) is 17.3. The molecule has 1 aromatic carbocycles. The second-order valence-electron chi connectivity index (χ2n) is 8.04. The first-order valence-electron chi connectivity index (χ1n) is 11.4. The summed E-state index contributed by atoms with van der Waals surface area (Å²) in [5.41, 5.74) is 2.92. The third-order valence-corrected chi connectivity index (χ3v) is 5.40. The van der Waals surface area contributed by atoms with E-state index < -0.39 is 0 Å². The molecule has 0 unspecified atom stereocenters. The van der Waals surface area contributed by atoms with Gasteiger partial charge in [0.1, 0.15) is 0 Å². The van der Waals surface area contributed by atoms with Crippen LogP contribution in [0.3, 0.4) is 0 Å². The molecule has 0 bridgehead atoms. The summed E-state index contributed by atoms with van der Waals surface area (Å²) in [5.74, 6) is 0. The maximum absolute atomic E-state index is 2.34. The minimum Gasteiger partial charge on any atom is -0.0654 e. The molecule has 0 aliphatic heterocycles. The van der Waals surface area contributed by atoms with E-state index >= 15 is 0 Å². The van der Waals surface area contributed by atoms with Crippen LogP contribution in [0, 0.1) is 6.92 Å². The van der Waals surface area contributed by atoms with Crippen molar-refractivity contribution in [3.63, 3.8) is 0 Å². The molecular formula is C25H44. The van der Waals surface area contributed by atoms with Gasteiger partial charge in [0.25, 0.3) is 0 Å². The van der Waals surface area contributed by atoms with E-state index in [1.807, 2.05) is 0 Å². The van der Waals surface area contributed by atoms with Gasteiger partial charge >= 0.3 is 0 Å². The lowest BCUT2D eigenvalue weighted by molar-refractivity contribution is 0.529. The van der Waals surface area contributed by atoms with Gasteiger partial charge in [0.2, 0.25) is 0 Å². The molecule has 25 heavy (non-hydrogen) atoms. The van der Waals surface area contributed by atoms with Gasteiger partial charge in [-0.05, 0) is 25.3 Å². The zero-order chi connectivity index (χ0) is 18.0. The molecule has 0 saturated heterocycles. The summed E-state index contributed by atoms with van der Waals surface area (Å²) in [6.07, 6.45) is 24.4. The monoisotopic (exact) mass is 344 g/mol. The average Bonchev–Trinajstić information content (AvgIpc) is 2.61. The van der Waals surface area contributed by atoms with Gasteiger partial charge in [0.15, 0.2) is 0 Å². The second-order valence-corrected chi connectivity index (χ2v) is 8.04. The van der Waals surface area contributed by atoms with Crippen molar-refractivity contribution in [1.82, 2.24) is 0 Å². The lowest BCUT2D eigenvalue weighted by Crippen LogP contribution is -1.87. The number of hydrogen-bond donors (Lipinski definition) is 0. The number of hydrogen-bond acceptors (Lipinski definition) is 0. The second kappa shape index (κ2) is 16.7. The number of aryl methyl sites for hydroxylation is 2. The fourth-order valence-corrected chi connectivity index (χ4v) is 3.74. The van der Waals surface area contributed by atoms with Crippen molar-refractivity contribution in [3.05, 3.63) is 35.4 Å². The predicted octanol–water partition coefficient (Wildman–Crippen LogP) is 8.80. The first-order valence-corrected chi connectivity index (χ1v) is 11.4. The first-order chi connectivity index (χ1) is 12.3. The lowest BCUT2D eigenvalue weighted by Gasteiger charge is -2.04. The Morgan fingerprint density at radius 3 is 1.44 bits per heavy atom. The van der Waals surface area contributed by atoms with Crippen LogP contribution in [0.1, 0.15) is 121 Å². The highest BCUT2D eigenvalue weighted by Crippen LogP contribution is 2.14. The molecule has 0 heterocycles. The molecule has 0 nitrogen and oxygen atoms in total. The quantitative estimate of drug-likeness (QED) is 0.248. The van der Waals surface area contributed by atoms with E-state index in [9.17, 15) is 0 Å². The molecule has 0 aliphatic carbocycles. The van der Waals surface area contributed by atoms with Crippen LogP contribution in [0.2, 0.25) is 0 Å². The van der Waals surface area contributed by atoms with E-state index in [4.69, 9.17) is 0 Å². The number of benzene rings is 1. The van der Waals surface area contributed by atoms with Crippen LogP contribution in [0.25, 0.3) is 0 Å². The number of rotatable bonds is 17. The lowest BCUT2D eigenvalue weighted by atomic mass is 10.0. The van der Waals surface area contributed by atoms with Crippen LogP contribution in [0.15, 0.2) is 24.3 Å². The Hall–Kier alpha value is -0.780. The Balaban J connectivity index is 1.75. The number of unbranched alkanes of at least 4 members (excludes halogenated alkanes) is 15. The van der Waals surface area contributed by atoms with Gasteiger partial charge in [0.05, 0.1) is 0 Å². The van der Waals surface area contributed by atoms with Gasteiger partial charge in [-0.3, -0.25) is 0 Å². The summed E-state index contributed by atoms with van der Waals surface area (Å²) in [4.78, 5) is 0. The molecule has 0 heteroatoms. The summed E-state index contributed by atoms with van der Waals surface area (Å²) >= 11 is 0. The van der Waals surface area contributed by atoms with Gasteiger partial charge < -0.3 is 0 Å². The Kier molecular flexibility index (Phi) is 14.8. The Morgan fingerprint density at radius 2 is 1.00 bits per heavy atom. The molecule has 1 rings (SSSR count). The van der Waals surface area contributed by atoms with Gasteiger partial charge in [-0.1, -0.05) is 133 Å². The Morgan fingerprint density at radius 1 is 0.560 bits per heavy atom. The van der Waals surface area contributed by atoms with E-state index in [1.165, 1.54) is 120 Å². The van der Waals surface area contributed by atoms with Gasteiger partial charge in [0, 0.05) is 0 Å². The maximum Gasteiger partial charge on any atom is -0.0279 e. The van der Waals surface area contributed by atoms with Gasteiger partial charge in [-0.15, -0.1) is 0 Å². The molecule has 0 amide bonds. The average molecular weight is 345 g/mol. The maximum atomic E-state index is 2.34. The highest BCUT2D eigenvalue weighted by Gasteiger charge is 1.96. The van der Waals surface area contributed by atoms with E-state index in [-0.39, 0.29) is 0 Å². The van der Waals surface area contributed by atoms with Crippen molar-refractivity contribution in [1.29, 1.82) is 0 Å². The first kappa shape index (κ1) is 22.3. The standard InChI is InChI=1S/C25H44/c1-3-4-5-6-7-8-9-10-11-12-13-14-15-16-17-18-21-25-22-19-20-24(2)23-25/h19-20,22-23H,3-18,21H2,1-2H3. The SMILES string of the molecule is CCCCCCCCCCCCCCCCCCc1cccc(C)c1. The van der Waals surface area contributed by atoms with Crippen molar-refractivity contribution in [2.24, 2.45) is 0 Å². The smallest absolute Gasteiger partial charge is 0.0279 e. The molecule has 0 radical (unpaired) electrons. The van der Waals surface area contributed by atoms with Crippen LogP contribution in [0.5, 0.6) is 0 Å². The third-order valence-electron chi connectivity index (χ3n) is 5.40. The molecule has 0 atom stereocenters. The topological polar surface area (TPSA) is 0 Å². The minimum absolute atomic E-state index is 1.26. The largest absolute Gasteiger partial charge is 0.0654 e. The third kappa shape index (κ3) is 14.1. The molecule has 0 saturated carbocycles. The van der Waals surface area contributed by atoms with Crippen molar-refractivity contribution in [2.45, 2.75) is 123 Å². The van der Waals surface area contributed by atoms with Crippen LogP contribution < -0.4 is 0 Å². The molecule has 1 aromatic rings. The van der Waals surface area contributed by atoms with Gasteiger partial charge in [-0.2, -0.15) is 0 Å². The fraction of sp³-hybridized carbons (Fsp3) is 0.760. The Bertz CT molecular complexity index is 393. The van der Waals surface area contributed by atoms with E-state index in [1.54, 1.807) is 0 Å². The summed E-state index contributed by atoms with van der Waals surface area (Å²) in [7, 11) is 0. The zero-order valence-corrected chi connectivity index (χ0v) is 17.3. The highest BCUT2D eigenvalue weighted by molar-refractivity contribution is 5.22. The molecular weight excluding hydrogens is 300 g/mol. The van der Waals surface area contributed by atoms with E-state index in [2.05, 4.69) is 38.1 Å². The molecule has 0 aromatic heterocycles. The molecule has 0 aliphatic rings. The van der Waals surface area contributed by atoms with Crippen molar-refractivity contribution >= 4 is 0 Å². The summed E-state index contributed by atoms with van der Waals surface area (Å²) < 4.78 is 0. The van der Waals surface area contributed by atoms with E-state index in [0.717, 1.165) is 0 Å². The van der Waals surface area contributed by atoms with Crippen molar-refractivity contribution < 1.29 is 0 Å². The van der Waals surface area contributed by atoms with Crippen LogP contribution in [-0.4, -0.2) is 0 Å². The summed E-state index contributed by atoms with van der Waals surface area (Å²) in [6.45, 7) is 4.49. The van der Waals surface area contributed by atoms with E-state index in [0.29, 0.717) is 0 Å². The van der Waals surface area contributed by atoms with Crippen molar-refractivity contribution in [2.75, 3.05) is 0 Å². The minimum atomic E-state index is 1.26. The molecule has 0 spiro atoms. The molecule has 0 fully saturated rings. The van der Waals surface area contributed by atoms with Gasteiger partial charge in [-0.25, -0.2) is 0 Å². The summed E-state index contributed by atoms with van der Waals surface area (Å²) in [6, 6.07) is 9.00. The van der Waals surface area contributed by atoms with Crippen LogP contribution >= 0.6 is 0 Å². The fourth-order valence-electron chi connectivity index (χ4n) is 3.74. The normalized spacial score (nSPS) is 11.1. The highest BCUT2D eigenvalue weighted by atomic mass is 14.0. The molecule has 144 valence electrons. The summed E-state index contributed by atoms with van der Waals surface area (Å²) in [5, 5.41) is 0. The molecule has 0 N–H and O–H groups in total.